The number of aryl methyl sites for hydroxylation is 1. The lowest BCUT2D eigenvalue weighted by Gasteiger charge is -2.37. The van der Waals surface area contributed by atoms with E-state index in [2.05, 4.69) is 11.4 Å². The zero-order valence-electron chi connectivity index (χ0n) is 20.0. The van der Waals surface area contributed by atoms with Crippen LogP contribution in [0.2, 0.25) is 0 Å². The maximum absolute atomic E-state index is 13.6. The van der Waals surface area contributed by atoms with Gasteiger partial charge in [-0.25, -0.2) is 0 Å². The summed E-state index contributed by atoms with van der Waals surface area (Å²) >= 11 is 1.72. The van der Waals surface area contributed by atoms with E-state index < -0.39 is 0 Å². The van der Waals surface area contributed by atoms with E-state index in [0.717, 1.165) is 17.7 Å². The van der Waals surface area contributed by atoms with Gasteiger partial charge in [0.05, 0.1) is 18.8 Å². The summed E-state index contributed by atoms with van der Waals surface area (Å²) in [5, 5.41) is 2.08. The molecule has 2 aromatic heterocycles. The predicted octanol–water partition coefficient (Wildman–Crippen LogP) is 5.23. The molecule has 7 heteroatoms. The summed E-state index contributed by atoms with van der Waals surface area (Å²) in [6, 6.07) is 13.5. The van der Waals surface area contributed by atoms with Gasteiger partial charge in [-0.3, -0.25) is 9.59 Å². The zero-order valence-corrected chi connectivity index (χ0v) is 20.8. The van der Waals surface area contributed by atoms with Gasteiger partial charge in [-0.2, -0.15) is 0 Å². The molecule has 3 aromatic rings. The van der Waals surface area contributed by atoms with Crippen LogP contribution in [0.15, 0.2) is 58.5 Å². The minimum absolute atomic E-state index is 0.0206. The normalized spacial score (nSPS) is 15.3. The number of hydrogen-bond acceptors (Lipinski definition) is 5. The number of carbonyl (C=O) groups excluding carboxylic acids is 2. The van der Waals surface area contributed by atoms with Crippen LogP contribution in [0, 0.1) is 12.8 Å². The molecule has 6 nitrogen and oxygen atoms in total. The van der Waals surface area contributed by atoms with Crippen LogP contribution in [-0.2, 0) is 22.6 Å². The van der Waals surface area contributed by atoms with Crippen molar-refractivity contribution >= 4 is 23.2 Å². The first kappa shape index (κ1) is 24.1. The summed E-state index contributed by atoms with van der Waals surface area (Å²) in [4.78, 5) is 31.3. The van der Waals surface area contributed by atoms with Crippen LogP contribution in [0.4, 0.5) is 0 Å². The zero-order chi connectivity index (χ0) is 24.1. The number of nitrogens with zero attached hydrogens (tertiary/aromatic N) is 2. The first-order valence-electron chi connectivity index (χ1n) is 11.8. The third-order valence-electron chi connectivity index (χ3n) is 6.03. The minimum Gasteiger partial charge on any atom is -0.491 e. The van der Waals surface area contributed by atoms with Gasteiger partial charge in [0.25, 0.3) is 0 Å². The summed E-state index contributed by atoms with van der Waals surface area (Å²) < 4.78 is 11.6. The number of amides is 2. The van der Waals surface area contributed by atoms with Gasteiger partial charge in [-0.05, 0) is 60.5 Å². The second kappa shape index (κ2) is 10.9. The van der Waals surface area contributed by atoms with Crippen LogP contribution >= 0.6 is 11.3 Å². The van der Waals surface area contributed by atoms with Crippen molar-refractivity contribution in [1.29, 1.82) is 0 Å². The summed E-state index contributed by atoms with van der Waals surface area (Å²) in [5.74, 6) is 1.55. The van der Waals surface area contributed by atoms with Crippen molar-refractivity contribution in [3.8, 4) is 5.75 Å². The molecule has 0 aliphatic carbocycles. The van der Waals surface area contributed by atoms with Crippen LogP contribution in [0.1, 0.15) is 48.1 Å². The second-order valence-electron chi connectivity index (χ2n) is 9.20. The number of ether oxygens (including phenoxy) is 1. The molecule has 180 valence electrons. The lowest BCUT2D eigenvalue weighted by molar-refractivity contribution is -0.143. The van der Waals surface area contributed by atoms with Gasteiger partial charge in [0.1, 0.15) is 24.7 Å². The molecule has 3 heterocycles. The molecule has 0 fully saturated rings. The Morgan fingerprint density at radius 3 is 2.71 bits per heavy atom. The highest BCUT2D eigenvalue weighted by molar-refractivity contribution is 7.10. The van der Waals surface area contributed by atoms with E-state index in [1.54, 1.807) is 28.6 Å². The van der Waals surface area contributed by atoms with Gasteiger partial charge < -0.3 is 19.0 Å². The highest BCUT2D eigenvalue weighted by Gasteiger charge is 2.33. The Hall–Kier alpha value is -3.06. The standard InChI is InChI=1S/C27H32N2O4S/c1-19(2)15-26(30)28(16-22-5-4-13-32-22)17-27(31)29-12-10-25-23(11-14-34-25)24(29)18-33-21-8-6-20(3)7-9-21/h4-9,11,13-14,19,24H,10,12,15-18H2,1-3H3. The molecule has 34 heavy (non-hydrogen) atoms. The molecule has 1 atom stereocenters. The average molecular weight is 481 g/mol. The van der Waals surface area contributed by atoms with Crippen LogP contribution in [0.3, 0.4) is 0 Å². The van der Waals surface area contributed by atoms with E-state index in [-0.39, 0.29) is 36.9 Å². The smallest absolute Gasteiger partial charge is 0.242 e. The molecule has 0 spiro atoms. The fourth-order valence-electron chi connectivity index (χ4n) is 4.24. The number of rotatable bonds is 9. The Morgan fingerprint density at radius 2 is 2.00 bits per heavy atom. The van der Waals surface area contributed by atoms with Gasteiger partial charge in [-0.15, -0.1) is 11.3 Å². The van der Waals surface area contributed by atoms with Gasteiger partial charge in [0, 0.05) is 17.8 Å². The molecule has 0 saturated heterocycles. The topological polar surface area (TPSA) is 63.0 Å². The molecule has 1 aliphatic rings. The van der Waals surface area contributed by atoms with Crippen molar-refractivity contribution in [2.24, 2.45) is 5.92 Å². The van der Waals surface area contributed by atoms with Gasteiger partial charge in [-0.1, -0.05) is 31.5 Å². The van der Waals surface area contributed by atoms with Crippen molar-refractivity contribution in [3.05, 3.63) is 75.9 Å². The lowest BCUT2D eigenvalue weighted by Crippen LogP contribution is -2.47. The Balaban J connectivity index is 1.51. The largest absolute Gasteiger partial charge is 0.491 e. The number of carbonyl (C=O) groups is 2. The van der Waals surface area contributed by atoms with E-state index in [1.165, 1.54) is 10.4 Å². The van der Waals surface area contributed by atoms with Crippen LogP contribution in [-0.4, -0.2) is 41.3 Å². The molecule has 1 unspecified atom stereocenters. The number of thiophene rings is 1. The Kier molecular flexibility index (Phi) is 7.73. The average Bonchev–Trinajstić information content (AvgIpc) is 3.49. The van der Waals surface area contributed by atoms with Crippen LogP contribution in [0.5, 0.6) is 5.75 Å². The summed E-state index contributed by atoms with van der Waals surface area (Å²) in [7, 11) is 0. The molecule has 0 N–H and O–H groups in total. The minimum atomic E-state index is -0.186. The third kappa shape index (κ3) is 5.89. The maximum Gasteiger partial charge on any atom is 0.242 e. The van der Waals surface area contributed by atoms with Crippen LogP contribution < -0.4 is 4.74 Å². The van der Waals surface area contributed by atoms with Crippen molar-refractivity contribution in [2.45, 2.75) is 46.2 Å². The van der Waals surface area contributed by atoms with Crippen molar-refractivity contribution in [3.63, 3.8) is 0 Å². The maximum atomic E-state index is 13.6. The summed E-state index contributed by atoms with van der Waals surface area (Å²) in [5.41, 5.74) is 2.31. The van der Waals surface area contributed by atoms with Crippen molar-refractivity contribution < 1.29 is 18.7 Å². The number of fused-ring (bicyclic) bond motifs is 1. The van der Waals surface area contributed by atoms with E-state index >= 15 is 0 Å². The molecular formula is C27H32N2O4S. The van der Waals surface area contributed by atoms with E-state index in [0.29, 0.717) is 25.3 Å². The molecular weight excluding hydrogens is 448 g/mol. The molecule has 2 amide bonds. The van der Waals surface area contributed by atoms with E-state index in [4.69, 9.17) is 9.15 Å². The SMILES string of the molecule is Cc1ccc(OCC2c3ccsc3CCN2C(=O)CN(Cc2ccco2)C(=O)CC(C)C)cc1. The molecule has 1 aromatic carbocycles. The predicted molar refractivity (Wildman–Crippen MR) is 133 cm³/mol. The fraction of sp³-hybridized carbons (Fsp3) is 0.407. The Labute approximate surface area is 205 Å². The molecule has 0 radical (unpaired) electrons. The Bertz CT molecular complexity index is 1090. The van der Waals surface area contributed by atoms with Gasteiger partial charge >= 0.3 is 0 Å². The van der Waals surface area contributed by atoms with E-state index in [1.807, 2.05) is 56.0 Å². The van der Waals surface area contributed by atoms with Crippen molar-refractivity contribution in [2.75, 3.05) is 19.7 Å². The second-order valence-corrected chi connectivity index (χ2v) is 10.2. The number of hydrogen-bond donors (Lipinski definition) is 0. The first-order valence-corrected chi connectivity index (χ1v) is 12.6. The molecule has 4 rings (SSSR count). The highest BCUT2D eigenvalue weighted by atomic mass is 32.1. The molecule has 1 aliphatic heterocycles. The monoisotopic (exact) mass is 480 g/mol. The van der Waals surface area contributed by atoms with Gasteiger partial charge in [0.2, 0.25) is 11.8 Å². The van der Waals surface area contributed by atoms with E-state index in [9.17, 15) is 9.59 Å². The number of benzene rings is 1. The summed E-state index contributed by atoms with van der Waals surface area (Å²) in [6.07, 6.45) is 2.80. The van der Waals surface area contributed by atoms with Crippen LogP contribution in [0.25, 0.3) is 0 Å². The van der Waals surface area contributed by atoms with Crippen molar-refractivity contribution in [1.82, 2.24) is 9.80 Å². The quantitative estimate of drug-likeness (QED) is 0.421. The fourth-order valence-corrected chi connectivity index (χ4v) is 5.17. The number of furan rings is 1. The third-order valence-corrected chi connectivity index (χ3v) is 7.03. The van der Waals surface area contributed by atoms with Gasteiger partial charge in [0.15, 0.2) is 0 Å². The summed E-state index contributed by atoms with van der Waals surface area (Å²) in [6.45, 7) is 7.34. The first-order chi connectivity index (χ1) is 16.4. The lowest BCUT2D eigenvalue weighted by atomic mass is 10.00. The molecule has 0 saturated carbocycles. The molecule has 0 bridgehead atoms. The highest BCUT2D eigenvalue weighted by Crippen LogP contribution is 2.34. The Morgan fingerprint density at radius 1 is 1.21 bits per heavy atom.